The molecule has 1 rings (SSSR count). The van der Waals surface area contributed by atoms with Crippen molar-refractivity contribution in [2.45, 2.75) is 24.2 Å². The minimum absolute atomic E-state index is 0.0676. The van der Waals surface area contributed by atoms with Crippen LogP contribution in [0.5, 0.6) is 0 Å². The summed E-state index contributed by atoms with van der Waals surface area (Å²) in [7, 11) is -3.25. The lowest BCUT2D eigenvalue weighted by atomic mass is 10.3. The molecule has 0 aliphatic rings. The maximum atomic E-state index is 11.8. The molecule has 1 aromatic carbocycles. The van der Waals surface area contributed by atoms with Crippen LogP contribution in [-0.4, -0.2) is 14.2 Å². The van der Waals surface area contributed by atoms with E-state index < -0.39 is 9.84 Å². The molecule has 0 aromatic heterocycles. The molecule has 0 radical (unpaired) electrons. The quantitative estimate of drug-likeness (QED) is 0.625. The third-order valence-corrected chi connectivity index (χ3v) is 3.97. The zero-order valence-corrected chi connectivity index (χ0v) is 9.70. The van der Waals surface area contributed by atoms with E-state index in [0.29, 0.717) is 24.9 Å². The number of hydrogen-bond donors (Lipinski definition) is 1. The summed E-state index contributed by atoms with van der Waals surface area (Å²) in [5.41, 5.74) is 5.97. The molecule has 0 saturated carbocycles. The summed E-state index contributed by atoms with van der Waals surface area (Å²) in [5, 5.41) is 8.33. The van der Waals surface area contributed by atoms with Crippen molar-refractivity contribution in [1.82, 2.24) is 0 Å². The second-order valence-corrected chi connectivity index (χ2v) is 5.62. The number of nitrogens with two attached hydrogens (primary N) is 1. The topological polar surface area (TPSA) is 84.0 Å². The summed E-state index contributed by atoms with van der Waals surface area (Å²) in [6.45, 7) is 0. The number of nitrogens with zero attached hydrogens (tertiary/aromatic N) is 1. The molecule has 0 fully saturated rings. The number of rotatable bonds is 5. The molecule has 0 spiro atoms. The second kappa shape index (κ2) is 5.52. The van der Waals surface area contributed by atoms with Crippen LogP contribution in [0.4, 0.5) is 5.69 Å². The normalized spacial score (nSPS) is 10.9. The van der Waals surface area contributed by atoms with E-state index in [4.69, 9.17) is 11.0 Å². The van der Waals surface area contributed by atoms with Gasteiger partial charge in [-0.05, 0) is 31.0 Å². The van der Waals surface area contributed by atoms with Crippen molar-refractivity contribution >= 4 is 15.5 Å². The summed E-state index contributed by atoms with van der Waals surface area (Å²) in [4.78, 5) is 0.254. The first kappa shape index (κ1) is 12.5. The molecule has 0 amide bonds. The maximum Gasteiger partial charge on any atom is 0.178 e. The zero-order chi connectivity index (χ0) is 12.0. The molecule has 0 saturated heterocycles. The Morgan fingerprint density at radius 3 is 2.69 bits per heavy atom. The van der Waals surface area contributed by atoms with Gasteiger partial charge in [-0.2, -0.15) is 5.26 Å². The van der Waals surface area contributed by atoms with E-state index >= 15 is 0 Å². The molecule has 0 atom stereocenters. The van der Waals surface area contributed by atoms with Crippen LogP contribution in [-0.2, 0) is 9.84 Å². The molecule has 86 valence electrons. The monoisotopic (exact) mass is 238 g/mol. The number of anilines is 1. The van der Waals surface area contributed by atoms with Gasteiger partial charge in [0.25, 0.3) is 0 Å². The van der Waals surface area contributed by atoms with Gasteiger partial charge < -0.3 is 5.73 Å². The van der Waals surface area contributed by atoms with E-state index in [2.05, 4.69) is 0 Å². The molecule has 5 heteroatoms. The van der Waals surface area contributed by atoms with Crippen molar-refractivity contribution in [3.8, 4) is 6.07 Å². The van der Waals surface area contributed by atoms with Crippen LogP contribution in [0.15, 0.2) is 29.2 Å². The molecule has 0 bridgehead atoms. The van der Waals surface area contributed by atoms with Gasteiger partial charge in [0.2, 0.25) is 0 Å². The van der Waals surface area contributed by atoms with E-state index in [-0.39, 0.29) is 10.6 Å². The lowest BCUT2D eigenvalue weighted by Gasteiger charge is -2.04. The van der Waals surface area contributed by atoms with Crippen LogP contribution in [0.1, 0.15) is 19.3 Å². The molecular formula is C11H14N2O2S. The first-order chi connectivity index (χ1) is 7.56. The third-order valence-electron chi connectivity index (χ3n) is 2.17. The number of nitrogen functional groups attached to an aromatic ring is 1. The van der Waals surface area contributed by atoms with Gasteiger partial charge in [-0.15, -0.1) is 0 Å². The van der Waals surface area contributed by atoms with Crippen LogP contribution < -0.4 is 5.73 Å². The molecule has 0 aliphatic heterocycles. The van der Waals surface area contributed by atoms with E-state index in [1.807, 2.05) is 6.07 Å². The van der Waals surface area contributed by atoms with Crippen molar-refractivity contribution in [2.24, 2.45) is 0 Å². The van der Waals surface area contributed by atoms with Gasteiger partial charge in [0, 0.05) is 12.1 Å². The summed E-state index contributed by atoms with van der Waals surface area (Å²) in [6.07, 6.45) is 1.51. The second-order valence-electron chi connectivity index (χ2n) is 3.51. The number of nitriles is 1. The Labute approximate surface area is 95.6 Å². The highest BCUT2D eigenvalue weighted by molar-refractivity contribution is 7.91. The average molecular weight is 238 g/mol. The van der Waals surface area contributed by atoms with Crippen LogP contribution >= 0.6 is 0 Å². The van der Waals surface area contributed by atoms with Crippen molar-refractivity contribution in [3.63, 3.8) is 0 Å². The Kier molecular flexibility index (Phi) is 4.32. The van der Waals surface area contributed by atoms with E-state index in [1.54, 1.807) is 12.1 Å². The minimum atomic E-state index is -3.25. The number of hydrogen-bond acceptors (Lipinski definition) is 4. The van der Waals surface area contributed by atoms with Gasteiger partial charge in [-0.1, -0.05) is 6.07 Å². The van der Waals surface area contributed by atoms with Crippen LogP contribution in [0.25, 0.3) is 0 Å². The average Bonchev–Trinajstić information content (AvgIpc) is 2.24. The van der Waals surface area contributed by atoms with Crippen LogP contribution in [0.2, 0.25) is 0 Å². The largest absolute Gasteiger partial charge is 0.399 e. The number of unbranched alkanes of at least 4 members (excludes halogenated alkanes) is 2. The molecule has 0 heterocycles. The lowest BCUT2D eigenvalue weighted by Crippen LogP contribution is -2.07. The molecule has 4 nitrogen and oxygen atoms in total. The fourth-order valence-electron chi connectivity index (χ4n) is 1.32. The Morgan fingerprint density at radius 1 is 1.31 bits per heavy atom. The first-order valence-electron chi connectivity index (χ1n) is 5.01. The third kappa shape index (κ3) is 3.55. The fraction of sp³-hybridized carbons (Fsp3) is 0.364. The van der Waals surface area contributed by atoms with Crippen LogP contribution in [0.3, 0.4) is 0 Å². The molecule has 1 aromatic rings. The Morgan fingerprint density at radius 2 is 2.06 bits per heavy atom. The Hall–Kier alpha value is -1.54. The van der Waals surface area contributed by atoms with Gasteiger partial charge >= 0.3 is 0 Å². The predicted octanol–water partition coefficient (Wildman–Crippen LogP) is 1.74. The van der Waals surface area contributed by atoms with Gasteiger partial charge in [-0.3, -0.25) is 0 Å². The lowest BCUT2D eigenvalue weighted by molar-refractivity contribution is 0.592. The summed E-state index contributed by atoms with van der Waals surface area (Å²) < 4.78 is 23.6. The van der Waals surface area contributed by atoms with E-state index in [9.17, 15) is 8.42 Å². The maximum absolute atomic E-state index is 11.8. The summed E-state index contributed by atoms with van der Waals surface area (Å²) in [5.74, 6) is 0.0676. The Bertz CT molecular complexity index is 489. The molecular weight excluding hydrogens is 224 g/mol. The summed E-state index contributed by atoms with van der Waals surface area (Å²) >= 11 is 0. The Balaban J connectivity index is 2.68. The van der Waals surface area contributed by atoms with Gasteiger partial charge in [0.1, 0.15) is 0 Å². The van der Waals surface area contributed by atoms with Crippen molar-refractivity contribution in [3.05, 3.63) is 24.3 Å². The standard InChI is InChI=1S/C11H14N2O2S/c12-7-2-1-3-8-16(14,15)11-6-4-5-10(13)9-11/h4-6,9H,1-3,8,13H2. The fourth-order valence-corrected chi connectivity index (χ4v) is 2.74. The molecule has 0 unspecified atom stereocenters. The predicted molar refractivity (Wildman–Crippen MR) is 62.4 cm³/mol. The molecule has 2 N–H and O–H groups in total. The molecule has 0 aliphatic carbocycles. The summed E-state index contributed by atoms with van der Waals surface area (Å²) in [6, 6.07) is 8.25. The van der Waals surface area contributed by atoms with Crippen molar-refractivity contribution < 1.29 is 8.42 Å². The highest BCUT2D eigenvalue weighted by Crippen LogP contribution is 2.15. The van der Waals surface area contributed by atoms with Crippen molar-refractivity contribution in [2.75, 3.05) is 11.5 Å². The zero-order valence-electron chi connectivity index (χ0n) is 8.89. The minimum Gasteiger partial charge on any atom is -0.399 e. The van der Waals surface area contributed by atoms with Gasteiger partial charge in [0.05, 0.1) is 16.7 Å². The smallest absolute Gasteiger partial charge is 0.178 e. The van der Waals surface area contributed by atoms with E-state index in [0.717, 1.165) is 0 Å². The first-order valence-corrected chi connectivity index (χ1v) is 6.67. The number of benzene rings is 1. The van der Waals surface area contributed by atoms with Gasteiger partial charge in [0.15, 0.2) is 9.84 Å². The highest BCUT2D eigenvalue weighted by Gasteiger charge is 2.13. The van der Waals surface area contributed by atoms with Crippen molar-refractivity contribution in [1.29, 1.82) is 5.26 Å². The van der Waals surface area contributed by atoms with Gasteiger partial charge in [-0.25, -0.2) is 8.42 Å². The van der Waals surface area contributed by atoms with Crippen LogP contribution in [0, 0.1) is 11.3 Å². The SMILES string of the molecule is N#CCCCCS(=O)(=O)c1cccc(N)c1. The highest BCUT2D eigenvalue weighted by atomic mass is 32.2. The number of sulfone groups is 1. The molecule has 16 heavy (non-hydrogen) atoms. The van der Waals surface area contributed by atoms with E-state index in [1.165, 1.54) is 12.1 Å².